The van der Waals surface area contributed by atoms with Crippen molar-refractivity contribution in [2.24, 2.45) is 5.92 Å². The van der Waals surface area contributed by atoms with E-state index in [0.717, 1.165) is 26.9 Å². The second-order valence-corrected chi connectivity index (χ2v) is 11.6. The summed E-state index contributed by atoms with van der Waals surface area (Å²) in [6.45, 7) is 2.03. The minimum atomic E-state index is -1.31. The Labute approximate surface area is 240 Å². The fourth-order valence-electron chi connectivity index (χ4n) is 6.87. The van der Waals surface area contributed by atoms with Crippen LogP contribution in [0.15, 0.2) is 108 Å². The SMILES string of the molecule is Cc1ccc2c(c1)C=CC1N2C(C(=O)c2ccccc2)C(C(=O)c2ccc(Br)cc2)C12C(=O)Nc1ccccc12. The van der Waals surface area contributed by atoms with Crippen molar-refractivity contribution in [1.82, 2.24) is 0 Å². The third-order valence-corrected chi connectivity index (χ3v) is 9.05. The van der Waals surface area contributed by atoms with Gasteiger partial charge in [-0.15, -0.1) is 0 Å². The maximum atomic E-state index is 14.7. The number of amides is 1. The Morgan fingerprint density at radius 1 is 0.850 bits per heavy atom. The first kappa shape index (κ1) is 24.7. The topological polar surface area (TPSA) is 66.5 Å². The van der Waals surface area contributed by atoms with Crippen molar-refractivity contribution >= 4 is 50.9 Å². The summed E-state index contributed by atoms with van der Waals surface area (Å²) in [5, 5.41) is 3.07. The lowest BCUT2D eigenvalue weighted by atomic mass is 9.64. The van der Waals surface area contributed by atoms with Crippen LogP contribution in [0.4, 0.5) is 11.4 Å². The maximum Gasteiger partial charge on any atom is 0.238 e. The van der Waals surface area contributed by atoms with Crippen LogP contribution in [-0.4, -0.2) is 29.6 Å². The molecule has 1 saturated heterocycles. The minimum Gasteiger partial charge on any atom is -0.352 e. The summed E-state index contributed by atoms with van der Waals surface area (Å²) >= 11 is 3.46. The van der Waals surface area contributed by atoms with Gasteiger partial charge >= 0.3 is 0 Å². The summed E-state index contributed by atoms with van der Waals surface area (Å²) in [4.78, 5) is 45.7. The van der Waals surface area contributed by atoms with Crippen molar-refractivity contribution in [2.45, 2.75) is 24.4 Å². The van der Waals surface area contributed by atoms with E-state index in [9.17, 15) is 14.4 Å². The zero-order valence-corrected chi connectivity index (χ0v) is 23.3. The van der Waals surface area contributed by atoms with E-state index in [1.807, 2.05) is 90.7 Å². The van der Waals surface area contributed by atoms with Crippen LogP contribution in [0.1, 0.15) is 37.4 Å². The number of halogens is 1. The number of Topliss-reactive ketones (excluding diaryl/α,β-unsaturated/α-hetero) is 2. The third kappa shape index (κ3) is 3.42. The summed E-state index contributed by atoms with van der Waals surface area (Å²) in [5.41, 5.74) is 3.97. The summed E-state index contributed by atoms with van der Waals surface area (Å²) in [7, 11) is 0. The average Bonchev–Trinajstić information content (AvgIpc) is 3.45. The number of ketones is 2. The van der Waals surface area contributed by atoms with Gasteiger partial charge in [0.1, 0.15) is 11.5 Å². The predicted octanol–water partition coefficient (Wildman–Crippen LogP) is 6.61. The van der Waals surface area contributed by atoms with Gasteiger partial charge in [-0.1, -0.05) is 100 Å². The molecule has 3 aliphatic heterocycles. The highest BCUT2D eigenvalue weighted by Gasteiger charge is 2.70. The van der Waals surface area contributed by atoms with Gasteiger partial charge in [-0.3, -0.25) is 14.4 Å². The number of fused-ring (bicyclic) bond motifs is 6. The van der Waals surface area contributed by atoms with Crippen molar-refractivity contribution in [2.75, 3.05) is 10.2 Å². The number of carbonyl (C=O) groups is 3. The summed E-state index contributed by atoms with van der Waals surface area (Å²) in [6, 6.07) is 28.4. The Kier molecular flexibility index (Phi) is 5.65. The molecule has 0 aromatic heterocycles. The van der Waals surface area contributed by atoms with E-state index < -0.39 is 23.4 Å². The molecule has 4 atom stereocenters. The Morgan fingerprint density at radius 3 is 2.33 bits per heavy atom. The highest BCUT2D eigenvalue weighted by atomic mass is 79.9. The lowest BCUT2D eigenvalue weighted by Gasteiger charge is -2.37. The molecule has 6 heteroatoms. The number of hydrogen-bond acceptors (Lipinski definition) is 4. The molecule has 3 aliphatic rings. The van der Waals surface area contributed by atoms with Gasteiger partial charge < -0.3 is 10.2 Å². The van der Waals surface area contributed by atoms with E-state index in [1.54, 1.807) is 24.3 Å². The first-order chi connectivity index (χ1) is 19.4. The van der Waals surface area contributed by atoms with Crippen LogP contribution in [0.2, 0.25) is 0 Å². The molecular formula is C34H25BrN2O3. The lowest BCUT2D eigenvalue weighted by molar-refractivity contribution is -0.121. The van der Waals surface area contributed by atoms with E-state index in [1.165, 1.54) is 0 Å². The first-order valence-electron chi connectivity index (χ1n) is 13.3. The fraction of sp³-hybridized carbons (Fsp3) is 0.147. The summed E-state index contributed by atoms with van der Waals surface area (Å²) in [6.07, 6.45) is 4.03. The van der Waals surface area contributed by atoms with Gasteiger partial charge in [0, 0.05) is 27.0 Å². The molecule has 0 saturated carbocycles. The van der Waals surface area contributed by atoms with Crippen molar-refractivity contribution in [3.8, 4) is 0 Å². The molecule has 0 bridgehead atoms. The van der Waals surface area contributed by atoms with Crippen LogP contribution in [-0.2, 0) is 10.2 Å². The predicted molar refractivity (Wildman–Crippen MR) is 160 cm³/mol. The standard InChI is InChI=1S/C34H25BrN2O3/c1-20-11-17-27-23(19-20)14-18-28-34(25-9-5-6-10-26(25)36-33(34)40)29(31(38)22-12-15-24(35)16-13-22)30(37(27)28)32(39)21-7-3-2-4-8-21/h2-19,28-30H,1H3,(H,36,40). The molecule has 1 fully saturated rings. The molecule has 1 spiro atoms. The number of anilines is 2. The van der Waals surface area contributed by atoms with E-state index in [4.69, 9.17) is 0 Å². The summed E-state index contributed by atoms with van der Waals surface area (Å²) in [5.74, 6) is -1.66. The third-order valence-electron chi connectivity index (χ3n) is 8.53. The van der Waals surface area contributed by atoms with Gasteiger partial charge in [-0.2, -0.15) is 0 Å². The first-order valence-corrected chi connectivity index (χ1v) is 14.1. The molecule has 196 valence electrons. The average molecular weight is 589 g/mol. The Morgan fingerprint density at radius 2 is 1.55 bits per heavy atom. The van der Waals surface area contributed by atoms with Gasteiger partial charge in [0.2, 0.25) is 5.91 Å². The van der Waals surface area contributed by atoms with E-state index >= 15 is 0 Å². The number of hydrogen-bond donors (Lipinski definition) is 1. The normalized spacial score (nSPS) is 23.9. The number of nitrogens with zero attached hydrogens (tertiary/aromatic N) is 1. The Balaban J connectivity index is 1.54. The van der Waals surface area contributed by atoms with Gasteiger partial charge in [-0.25, -0.2) is 0 Å². The maximum absolute atomic E-state index is 14.7. The fourth-order valence-corrected chi connectivity index (χ4v) is 7.13. The second kappa shape index (κ2) is 9.14. The molecule has 4 aromatic carbocycles. The van der Waals surface area contributed by atoms with E-state index in [2.05, 4.69) is 27.3 Å². The number of carbonyl (C=O) groups excluding carboxylic acids is 3. The van der Waals surface area contributed by atoms with Gasteiger partial charge in [-0.05, 0) is 48.4 Å². The number of para-hydroxylation sites is 1. The minimum absolute atomic E-state index is 0.183. The van der Waals surface area contributed by atoms with E-state index in [0.29, 0.717) is 16.8 Å². The van der Waals surface area contributed by atoms with Gasteiger partial charge in [0.15, 0.2) is 11.6 Å². The molecule has 7 rings (SSSR count). The van der Waals surface area contributed by atoms with Crippen molar-refractivity contribution in [3.63, 3.8) is 0 Å². The molecular weight excluding hydrogens is 564 g/mol. The van der Waals surface area contributed by atoms with Crippen LogP contribution < -0.4 is 10.2 Å². The quantitative estimate of drug-likeness (QED) is 0.272. The van der Waals surface area contributed by atoms with Crippen LogP contribution in [0.5, 0.6) is 0 Å². The highest BCUT2D eigenvalue weighted by molar-refractivity contribution is 9.10. The highest BCUT2D eigenvalue weighted by Crippen LogP contribution is 2.58. The van der Waals surface area contributed by atoms with Crippen LogP contribution in [0.25, 0.3) is 6.08 Å². The Bertz CT molecular complexity index is 1730. The molecule has 40 heavy (non-hydrogen) atoms. The lowest BCUT2D eigenvalue weighted by Crippen LogP contribution is -2.51. The van der Waals surface area contributed by atoms with Gasteiger partial charge in [0.25, 0.3) is 0 Å². The molecule has 4 unspecified atom stereocenters. The van der Waals surface area contributed by atoms with Crippen molar-refractivity contribution < 1.29 is 14.4 Å². The number of aryl methyl sites for hydroxylation is 1. The second-order valence-electron chi connectivity index (χ2n) is 10.7. The van der Waals surface area contributed by atoms with Crippen LogP contribution >= 0.6 is 15.9 Å². The molecule has 0 aliphatic carbocycles. The molecule has 4 aromatic rings. The van der Waals surface area contributed by atoms with Crippen LogP contribution in [0.3, 0.4) is 0 Å². The number of rotatable bonds is 4. The van der Waals surface area contributed by atoms with E-state index in [-0.39, 0.29) is 17.5 Å². The number of nitrogens with one attached hydrogen (secondary N) is 1. The van der Waals surface area contributed by atoms with Gasteiger partial charge in [0.05, 0.1) is 12.0 Å². The molecule has 3 heterocycles. The van der Waals surface area contributed by atoms with Crippen molar-refractivity contribution in [1.29, 1.82) is 0 Å². The number of benzene rings is 4. The summed E-state index contributed by atoms with van der Waals surface area (Å²) < 4.78 is 0.843. The Hall–Kier alpha value is -4.29. The smallest absolute Gasteiger partial charge is 0.238 e. The monoisotopic (exact) mass is 588 g/mol. The zero-order valence-electron chi connectivity index (χ0n) is 21.7. The van der Waals surface area contributed by atoms with Crippen LogP contribution in [0, 0.1) is 12.8 Å². The molecule has 5 nitrogen and oxygen atoms in total. The largest absolute Gasteiger partial charge is 0.352 e. The van der Waals surface area contributed by atoms with Crippen molar-refractivity contribution in [3.05, 3.63) is 135 Å². The zero-order chi connectivity index (χ0) is 27.6. The molecule has 0 radical (unpaired) electrons. The molecule has 1 amide bonds. The molecule has 1 N–H and O–H groups in total.